The molecular weight excluding hydrogens is 381 g/mol. The molecule has 0 spiro atoms. The molecule has 10 heteroatoms. The molecule has 0 fully saturated rings. The van der Waals surface area contributed by atoms with Crippen molar-refractivity contribution in [2.75, 3.05) is 6.61 Å². The summed E-state index contributed by atoms with van der Waals surface area (Å²) in [6.07, 6.45) is 0. The van der Waals surface area contributed by atoms with E-state index in [1.54, 1.807) is 0 Å². The summed E-state index contributed by atoms with van der Waals surface area (Å²) in [4.78, 5) is 31.7. The summed E-state index contributed by atoms with van der Waals surface area (Å²) in [5.41, 5.74) is 0. The summed E-state index contributed by atoms with van der Waals surface area (Å²) >= 11 is 11.6. The second-order valence-corrected chi connectivity index (χ2v) is 7.03. The first kappa shape index (κ1) is 22.9. The molecule has 118 valence electrons. The van der Waals surface area contributed by atoms with E-state index in [2.05, 4.69) is 0 Å². The fraction of sp³-hybridized carbons (Fsp3) is 0.417. The Labute approximate surface area is 181 Å². The maximum absolute atomic E-state index is 11.6. The molecule has 0 aliphatic carbocycles. The minimum atomic E-state index is -4.79. The summed E-state index contributed by atoms with van der Waals surface area (Å²) < 4.78 is 20.9. The van der Waals surface area contributed by atoms with Crippen LogP contribution >= 0.6 is 30.8 Å². The van der Waals surface area contributed by atoms with Crippen molar-refractivity contribution < 1.29 is 80.0 Å². The van der Waals surface area contributed by atoms with Crippen LogP contribution in [0.25, 0.3) is 0 Å². The molecule has 1 aromatic carbocycles. The van der Waals surface area contributed by atoms with Crippen LogP contribution in [0.15, 0.2) is 18.2 Å². The fourth-order valence-corrected chi connectivity index (χ4v) is 2.94. The van der Waals surface area contributed by atoms with Gasteiger partial charge < -0.3 is 23.8 Å². The Morgan fingerprint density at radius 1 is 1.41 bits per heavy atom. The second kappa shape index (κ2) is 9.99. The average molecular weight is 395 g/mol. The number of hydrogen-bond acceptors (Lipinski definition) is 5. The second-order valence-electron chi connectivity index (χ2n) is 4.55. The van der Waals surface area contributed by atoms with Gasteiger partial charge in [-0.05, 0) is 24.1 Å². The van der Waals surface area contributed by atoms with Gasteiger partial charge in [0.1, 0.15) is 5.75 Å². The van der Waals surface area contributed by atoms with Gasteiger partial charge in [0.15, 0.2) is 20.0 Å². The van der Waals surface area contributed by atoms with E-state index in [0.717, 1.165) is 0 Å². The zero-order chi connectivity index (χ0) is 16.2. The van der Waals surface area contributed by atoms with Crippen molar-refractivity contribution in [3.05, 3.63) is 28.2 Å². The number of ether oxygens (including phenoxy) is 2. The zero-order valence-electron chi connectivity index (χ0n) is 12.3. The van der Waals surface area contributed by atoms with Crippen molar-refractivity contribution in [2.24, 2.45) is 5.92 Å². The molecule has 0 bridgehead atoms. The molecule has 22 heavy (non-hydrogen) atoms. The third-order valence-corrected chi connectivity index (χ3v) is 4.26. The summed E-state index contributed by atoms with van der Waals surface area (Å²) in [7, 11) is -4.79. The summed E-state index contributed by atoms with van der Waals surface area (Å²) in [5.74, 6) is -2.95. The molecule has 1 aromatic rings. The van der Waals surface area contributed by atoms with E-state index >= 15 is 0 Å². The van der Waals surface area contributed by atoms with Crippen LogP contribution in [0.5, 0.6) is 5.75 Å². The van der Waals surface area contributed by atoms with E-state index in [4.69, 9.17) is 37.6 Å². The average Bonchev–Trinajstić information content (AvgIpc) is 2.33. The molecular formula is C12H14Cl2KO6P. The van der Waals surface area contributed by atoms with Gasteiger partial charge in [0.05, 0.1) is 5.02 Å². The Bertz CT molecular complexity index is 563. The van der Waals surface area contributed by atoms with Crippen molar-refractivity contribution in [1.82, 2.24) is 0 Å². The van der Waals surface area contributed by atoms with Crippen molar-refractivity contribution in [3.63, 3.8) is 0 Å². The smallest absolute Gasteiger partial charge is 0.776 e. The van der Waals surface area contributed by atoms with Crippen molar-refractivity contribution in [1.29, 1.82) is 0 Å². The van der Waals surface area contributed by atoms with Gasteiger partial charge in [-0.15, -0.1) is 0 Å². The molecule has 0 amide bonds. The van der Waals surface area contributed by atoms with Crippen molar-refractivity contribution >= 4 is 36.8 Å². The van der Waals surface area contributed by atoms with E-state index in [-0.39, 0.29) is 62.2 Å². The van der Waals surface area contributed by atoms with Crippen LogP contribution in [0.3, 0.4) is 0 Å². The third kappa shape index (κ3) is 7.62. The van der Waals surface area contributed by atoms with Crippen LogP contribution < -0.4 is 61.0 Å². The molecule has 2 unspecified atom stereocenters. The summed E-state index contributed by atoms with van der Waals surface area (Å²) in [6.45, 7) is 2.44. The summed E-state index contributed by atoms with van der Waals surface area (Å²) in [6, 6.07) is 4.41. The predicted molar refractivity (Wildman–Crippen MR) is 76.5 cm³/mol. The van der Waals surface area contributed by atoms with E-state index in [9.17, 15) is 14.3 Å². The van der Waals surface area contributed by atoms with Crippen LogP contribution in [-0.2, 0) is 14.1 Å². The molecule has 0 heterocycles. The van der Waals surface area contributed by atoms with Crippen molar-refractivity contribution in [3.8, 4) is 5.75 Å². The Morgan fingerprint density at radius 2 is 2.00 bits per heavy atom. The van der Waals surface area contributed by atoms with Crippen LogP contribution in [0, 0.1) is 5.92 Å². The molecule has 1 rings (SSSR count). The van der Waals surface area contributed by atoms with E-state index in [1.165, 1.54) is 32.0 Å². The minimum absolute atomic E-state index is 0. The quantitative estimate of drug-likeness (QED) is 0.395. The van der Waals surface area contributed by atoms with E-state index < -0.39 is 31.9 Å². The standard InChI is InChI=1S/C12H15Cl2O6P.K/c1-7(2)12(21(16,17)18)20-11(15)6-19-10-4-3-8(13)5-9(10)14;/h3-5,7,12H,6H2,1-2H3,(H2,16,17,18);/q;+1/p-1. The number of carbonyl (C=O) groups excluding carboxylic acids is 1. The number of esters is 1. The molecule has 1 N–H and O–H groups in total. The Hall–Kier alpha value is 0.856. The number of rotatable bonds is 6. The van der Waals surface area contributed by atoms with Gasteiger partial charge in [-0.3, -0.25) is 0 Å². The molecule has 6 nitrogen and oxygen atoms in total. The SMILES string of the molecule is CC(C)C(OC(=O)COc1ccc(Cl)cc1Cl)P(=O)([O-])O.[K+]. The Balaban J connectivity index is 0.00000441. The fourth-order valence-electron chi connectivity index (χ4n) is 1.48. The van der Waals surface area contributed by atoms with Gasteiger partial charge in [-0.25, -0.2) is 4.79 Å². The van der Waals surface area contributed by atoms with E-state index in [1.807, 2.05) is 0 Å². The molecule has 0 saturated heterocycles. The van der Waals surface area contributed by atoms with Gasteiger partial charge >= 0.3 is 57.4 Å². The predicted octanol–water partition coefficient (Wildman–Crippen LogP) is -0.553. The topological polar surface area (TPSA) is 95.9 Å². The van der Waals surface area contributed by atoms with E-state index in [0.29, 0.717) is 5.02 Å². The molecule has 0 saturated carbocycles. The molecule has 0 aliphatic rings. The maximum atomic E-state index is 11.6. The molecule has 2 atom stereocenters. The number of halogens is 2. The first-order valence-corrected chi connectivity index (χ1v) is 8.32. The third-order valence-electron chi connectivity index (χ3n) is 2.38. The number of carbonyl (C=O) groups is 1. The van der Waals surface area contributed by atoms with Gasteiger partial charge in [0, 0.05) is 5.02 Å². The number of benzene rings is 1. The van der Waals surface area contributed by atoms with Crippen LogP contribution in [-0.4, -0.2) is 23.3 Å². The molecule has 0 aliphatic heterocycles. The zero-order valence-corrected chi connectivity index (χ0v) is 17.8. The largest absolute Gasteiger partial charge is 1.00 e. The summed E-state index contributed by atoms with van der Waals surface area (Å²) in [5, 5.41) is 0.606. The van der Waals surface area contributed by atoms with Gasteiger partial charge in [-0.2, -0.15) is 0 Å². The maximum Gasteiger partial charge on any atom is 1.00 e. The Morgan fingerprint density at radius 3 is 2.45 bits per heavy atom. The van der Waals surface area contributed by atoms with Gasteiger partial charge in [0.25, 0.3) is 0 Å². The molecule has 0 radical (unpaired) electrons. The van der Waals surface area contributed by atoms with Gasteiger partial charge in [0.2, 0.25) is 0 Å². The van der Waals surface area contributed by atoms with Crippen molar-refractivity contribution in [2.45, 2.75) is 19.7 Å². The van der Waals surface area contributed by atoms with Crippen LogP contribution in [0.4, 0.5) is 0 Å². The van der Waals surface area contributed by atoms with Crippen LogP contribution in [0.1, 0.15) is 13.8 Å². The first-order valence-electron chi connectivity index (χ1n) is 5.92. The first-order chi connectivity index (χ1) is 9.61. The van der Waals surface area contributed by atoms with Gasteiger partial charge in [-0.1, -0.05) is 37.0 Å². The Kier molecular flexibility index (Phi) is 10.4. The minimum Gasteiger partial charge on any atom is -0.776 e. The normalized spacial score (nSPS) is 14.7. The number of hydrogen-bond donors (Lipinski definition) is 1. The monoisotopic (exact) mass is 394 g/mol. The van der Waals surface area contributed by atoms with Crippen LogP contribution in [0.2, 0.25) is 10.0 Å². The molecule has 0 aromatic heterocycles.